The smallest absolute Gasteiger partial charge is 0.323 e. The second-order valence-electron chi connectivity index (χ2n) is 7.63. The fourth-order valence-corrected chi connectivity index (χ4v) is 3.64. The van der Waals surface area contributed by atoms with Gasteiger partial charge in [-0.1, -0.05) is 36.8 Å². The molecule has 3 rings (SSSR count). The number of nitrogens with zero attached hydrogens (tertiary/aromatic N) is 3. The van der Waals surface area contributed by atoms with Gasteiger partial charge in [0.2, 0.25) is 0 Å². The van der Waals surface area contributed by atoms with Gasteiger partial charge in [0.25, 0.3) is 5.91 Å². The molecule has 1 fully saturated rings. The summed E-state index contributed by atoms with van der Waals surface area (Å²) in [5.41, 5.74) is 3.29. The molecule has 2 aromatic rings. The van der Waals surface area contributed by atoms with Crippen molar-refractivity contribution in [1.82, 2.24) is 14.8 Å². The summed E-state index contributed by atoms with van der Waals surface area (Å²) < 4.78 is 5.41. The summed E-state index contributed by atoms with van der Waals surface area (Å²) >= 11 is 0. The summed E-state index contributed by atoms with van der Waals surface area (Å²) in [4.78, 5) is 33.0. The van der Waals surface area contributed by atoms with Crippen molar-refractivity contribution < 1.29 is 14.3 Å². The van der Waals surface area contributed by atoms with Crippen LogP contribution in [-0.2, 0) is 27.4 Å². The van der Waals surface area contributed by atoms with E-state index in [9.17, 15) is 9.59 Å². The van der Waals surface area contributed by atoms with Crippen molar-refractivity contribution in [2.24, 2.45) is 0 Å². The lowest BCUT2D eigenvalue weighted by molar-refractivity contribution is -0.157. The van der Waals surface area contributed by atoms with Crippen LogP contribution in [0.1, 0.15) is 36.0 Å². The highest BCUT2D eigenvalue weighted by Gasteiger charge is 2.30. The number of carbonyl (C=O) groups is 2. The topological polar surface area (TPSA) is 62.7 Å². The molecule has 0 spiro atoms. The Bertz CT molecular complexity index is 825. The van der Waals surface area contributed by atoms with Gasteiger partial charge in [-0.25, -0.2) is 0 Å². The molecule has 1 aliphatic heterocycles. The molecule has 2 heterocycles. The lowest BCUT2D eigenvalue weighted by Gasteiger charge is -2.34. The first kappa shape index (κ1) is 21.0. The van der Waals surface area contributed by atoms with Crippen LogP contribution in [0, 0.1) is 6.92 Å². The number of piperidine rings is 1. The van der Waals surface area contributed by atoms with Crippen LogP contribution >= 0.6 is 0 Å². The van der Waals surface area contributed by atoms with Gasteiger partial charge in [0.05, 0.1) is 0 Å². The normalized spacial score (nSPS) is 17.0. The van der Waals surface area contributed by atoms with Crippen molar-refractivity contribution in [3.05, 3.63) is 65.5 Å². The standard InChI is InChI=1S/C23H29N3O3/c1-18-8-3-4-10-20(18)16-25(2)22(27)17-29-23(28)21-11-5-6-13-26(21)15-19-9-7-12-24-14-19/h3-4,7-10,12,14,21H,5-6,11,13,15-17H2,1-2H3/t21-/m0/s1. The zero-order valence-electron chi connectivity index (χ0n) is 17.2. The van der Waals surface area contributed by atoms with Gasteiger partial charge in [-0.05, 0) is 49.1 Å². The third-order valence-corrected chi connectivity index (χ3v) is 5.43. The second kappa shape index (κ2) is 10.2. The number of hydrogen-bond donors (Lipinski definition) is 0. The Balaban J connectivity index is 1.52. The molecule has 1 saturated heterocycles. The molecule has 1 atom stereocenters. The van der Waals surface area contributed by atoms with Crippen LogP contribution in [-0.4, -0.2) is 52.9 Å². The highest BCUT2D eigenvalue weighted by molar-refractivity contribution is 5.82. The molecule has 6 nitrogen and oxygen atoms in total. The van der Waals surface area contributed by atoms with Crippen molar-refractivity contribution in [2.75, 3.05) is 20.2 Å². The number of likely N-dealkylation sites (tertiary alicyclic amines) is 1. The number of aromatic nitrogens is 1. The molecule has 154 valence electrons. The summed E-state index contributed by atoms with van der Waals surface area (Å²) in [5, 5.41) is 0. The fourth-order valence-electron chi connectivity index (χ4n) is 3.64. The summed E-state index contributed by atoms with van der Waals surface area (Å²) in [6, 6.07) is 11.6. The van der Waals surface area contributed by atoms with Crippen LogP contribution < -0.4 is 0 Å². The Hall–Kier alpha value is -2.73. The van der Waals surface area contributed by atoms with Gasteiger partial charge in [0.15, 0.2) is 6.61 Å². The minimum absolute atomic E-state index is 0.198. The zero-order chi connectivity index (χ0) is 20.6. The zero-order valence-corrected chi connectivity index (χ0v) is 17.2. The Morgan fingerprint density at radius 3 is 2.79 bits per heavy atom. The van der Waals surface area contributed by atoms with E-state index in [1.54, 1.807) is 18.1 Å². The highest BCUT2D eigenvalue weighted by atomic mass is 16.5. The van der Waals surface area contributed by atoms with Crippen LogP contribution in [0.5, 0.6) is 0 Å². The summed E-state index contributed by atoms with van der Waals surface area (Å²) in [5.74, 6) is -0.512. The van der Waals surface area contributed by atoms with E-state index in [1.807, 2.05) is 49.5 Å². The number of esters is 1. The monoisotopic (exact) mass is 395 g/mol. The predicted octanol–water partition coefficient (Wildman–Crippen LogP) is 2.95. The Labute approximate surface area is 172 Å². The summed E-state index contributed by atoms with van der Waals surface area (Å²) in [6.07, 6.45) is 6.37. The van der Waals surface area contributed by atoms with Crippen LogP contribution in [0.25, 0.3) is 0 Å². The Kier molecular flexibility index (Phi) is 7.36. The third-order valence-electron chi connectivity index (χ3n) is 5.43. The average molecular weight is 396 g/mol. The van der Waals surface area contributed by atoms with Crippen molar-refractivity contribution in [2.45, 2.75) is 45.3 Å². The summed E-state index contributed by atoms with van der Waals surface area (Å²) in [6.45, 7) is 3.80. The van der Waals surface area contributed by atoms with E-state index in [2.05, 4.69) is 9.88 Å². The maximum Gasteiger partial charge on any atom is 0.323 e. The number of amides is 1. The van der Waals surface area contributed by atoms with Crippen LogP contribution in [0.2, 0.25) is 0 Å². The van der Waals surface area contributed by atoms with Gasteiger partial charge in [0.1, 0.15) is 6.04 Å². The van der Waals surface area contributed by atoms with Crippen molar-refractivity contribution in [3.63, 3.8) is 0 Å². The van der Waals surface area contributed by atoms with E-state index in [-0.39, 0.29) is 24.5 Å². The maximum atomic E-state index is 12.7. The lowest BCUT2D eigenvalue weighted by atomic mass is 10.0. The van der Waals surface area contributed by atoms with Crippen molar-refractivity contribution >= 4 is 11.9 Å². The van der Waals surface area contributed by atoms with E-state index in [0.29, 0.717) is 13.1 Å². The largest absolute Gasteiger partial charge is 0.454 e. The molecule has 0 bridgehead atoms. The first-order chi connectivity index (χ1) is 14.0. The number of hydrogen-bond acceptors (Lipinski definition) is 5. The Morgan fingerprint density at radius 1 is 1.21 bits per heavy atom. The molecule has 0 N–H and O–H groups in total. The molecular weight excluding hydrogens is 366 g/mol. The molecule has 0 aliphatic carbocycles. The first-order valence-electron chi connectivity index (χ1n) is 10.1. The number of pyridine rings is 1. The molecule has 0 unspecified atom stereocenters. The van der Waals surface area contributed by atoms with Gasteiger partial charge in [-0.2, -0.15) is 0 Å². The molecule has 0 radical (unpaired) electrons. The third kappa shape index (κ3) is 5.87. The van der Waals surface area contributed by atoms with Gasteiger partial charge in [0, 0.05) is 32.5 Å². The molecule has 1 aromatic carbocycles. The molecule has 1 amide bonds. The molecule has 29 heavy (non-hydrogen) atoms. The SMILES string of the molecule is Cc1ccccc1CN(C)C(=O)COC(=O)[C@@H]1CCCCN1Cc1cccnc1. The number of likely N-dealkylation sites (N-methyl/N-ethyl adjacent to an activating group) is 1. The van der Waals surface area contributed by atoms with Crippen LogP contribution in [0.4, 0.5) is 0 Å². The van der Waals surface area contributed by atoms with E-state index in [0.717, 1.165) is 42.5 Å². The average Bonchev–Trinajstić information content (AvgIpc) is 2.74. The first-order valence-corrected chi connectivity index (χ1v) is 10.1. The van der Waals surface area contributed by atoms with Gasteiger partial charge >= 0.3 is 5.97 Å². The van der Waals surface area contributed by atoms with Gasteiger partial charge < -0.3 is 9.64 Å². The number of ether oxygens (including phenoxy) is 1. The number of carbonyl (C=O) groups excluding carboxylic acids is 2. The second-order valence-corrected chi connectivity index (χ2v) is 7.63. The Morgan fingerprint density at radius 2 is 2.03 bits per heavy atom. The van der Waals surface area contributed by atoms with E-state index in [1.165, 1.54) is 0 Å². The maximum absolute atomic E-state index is 12.7. The fraction of sp³-hybridized carbons (Fsp3) is 0.435. The number of aryl methyl sites for hydroxylation is 1. The molecule has 0 saturated carbocycles. The van der Waals surface area contributed by atoms with E-state index in [4.69, 9.17) is 4.74 Å². The van der Waals surface area contributed by atoms with Crippen molar-refractivity contribution in [1.29, 1.82) is 0 Å². The van der Waals surface area contributed by atoms with E-state index < -0.39 is 0 Å². The minimum Gasteiger partial charge on any atom is -0.454 e. The molecule has 6 heteroatoms. The molecule has 1 aromatic heterocycles. The van der Waals surface area contributed by atoms with E-state index >= 15 is 0 Å². The summed E-state index contributed by atoms with van der Waals surface area (Å²) in [7, 11) is 1.73. The molecule has 1 aliphatic rings. The van der Waals surface area contributed by atoms with Crippen molar-refractivity contribution in [3.8, 4) is 0 Å². The number of rotatable bonds is 7. The number of benzene rings is 1. The lowest BCUT2D eigenvalue weighted by Crippen LogP contribution is -2.45. The van der Waals surface area contributed by atoms with Crippen LogP contribution in [0.3, 0.4) is 0 Å². The van der Waals surface area contributed by atoms with Gasteiger partial charge in [-0.15, -0.1) is 0 Å². The quantitative estimate of drug-likeness (QED) is 0.675. The molecular formula is C23H29N3O3. The van der Waals surface area contributed by atoms with Crippen LogP contribution in [0.15, 0.2) is 48.8 Å². The minimum atomic E-state index is -0.314. The predicted molar refractivity (Wildman–Crippen MR) is 111 cm³/mol. The highest BCUT2D eigenvalue weighted by Crippen LogP contribution is 2.20. The van der Waals surface area contributed by atoms with Gasteiger partial charge in [-0.3, -0.25) is 19.5 Å².